The number of nitrogens with one attached hydrogen (secondary N) is 2. The number of carbonyl (C=O) groups is 1. The van der Waals surface area contributed by atoms with Gasteiger partial charge in [-0.3, -0.25) is 4.79 Å². The first-order chi connectivity index (χ1) is 14.6. The van der Waals surface area contributed by atoms with Crippen molar-refractivity contribution in [3.05, 3.63) is 47.8 Å². The maximum absolute atomic E-state index is 13.9. The predicted octanol–water partition coefficient (Wildman–Crippen LogP) is 5.26. The van der Waals surface area contributed by atoms with Gasteiger partial charge in [-0.25, -0.2) is 0 Å². The number of rotatable bonds is 5. The van der Waals surface area contributed by atoms with E-state index in [0.717, 1.165) is 31.5 Å². The van der Waals surface area contributed by atoms with E-state index in [9.17, 15) is 15.0 Å². The number of H-pyrrole nitrogens is 1. The Hall–Kier alpha value is -2.27. The third kappa shape index (κ3) is 4.00. The summed E-state index contributed by atoms with van der Waals surface area (Å²) in [6.45, 7) is 9.96. The number of ketones is 1. The van der Waals surface area contributed by atoms with Gasteiger partial charge in [-0.15, -0.1) is 0 Å². The second-order valence-electron chi connectivity index (χ2n) is 10.8. The predicted molar refractivity (Wildman–Crippen MR) is 122 cm³/mol. The van der Waals surface area contributed by atoms with Crippen molar-refractivity contribution in [3.8, 4) is 11.5 Å². The average molecular weight is 425 g/mol. The molecule has 4 N–H and O–H groups in total. The fourth-order valence-electron chi connectivity index (χ4n) is 6.87. The molecule has 2 saturated carbocycles. The lowest BCUT2D eigenvalue weighted by Gasteiger charge is -2.60. The van der Waals surface area contributed by atoms with Crippen molar-refractivity contribution < 1.29 is 15.0 Å². The van der Waals surface area contributed by atoms with E-state index < -0.39 is 0 Å². The molecule has 0 unspecified atom stereocenters. The monoisotopic (exact) mass is 424 g/mol. The SMILES string of the molecule is C[C@@H]1[C@H](NCc2ccc[nH]2)C[C@H]2C(C)(C)CCC[C@@]2(C)[C@H]1C(=O)c1cc(O)cc(O)c1. The molecular weight excluding hydrogens is 388 g/mol. The summed E-state index contributed by atoms with van der Waals surface area (Å²) in [6.07, 6.45) is 6.33. The van der Waals surface area contributed by atoms with Crippen LogP contribution in [0.25, 0.3) is 0 Å². The Labute approximate surface area is 185 Å². The number of Topliss-reactive ketones (excluding diaryl/α,β-unsaturated/α-hetero) is 1. The highest BCUT2D eigenvalue weighted by Gasteiger charge is 2.58. The van der Waals surface area contributed by atoms with Crippen molar-refractivity contribution in [2.24, 2.45) is 28.6 Å². The van der Waals surface area contributed by atoms with Gasteiger partial charge >= 0.3 is 0 Å². The van der Waals surface area contributed by atoms with Crippen LogP contribution in [0.2, 0.25) is 0 Å². The molecule has 0 spiro atoms. The summed E-state index contributed by atoms with van der Waals surface area (Å²) >= 11 is 0. The normalized spacial score (nSPS) is 32.4. The van der Waals surface area contributed by atoms with Gasteiger partial charge in [0.2, 0.25) is 0 Å². The first kappa shape index (κ1) is 21.9. The lowest BCUT2D eigenvalue weighted by Crippen LogP contribution is -2.60. The lowest BCUT2D eigenvalue weighted by atomic mass is 9.45. The van der Waals surface area contributed by atoms with E-state index in [4.69, 9.17) is 0 Å². The smallest absolute Gasteiger partial charge is 0.167 e. The first-order valence-electron chi connectivity index (χ1n) is 11.5. The standard InChI is InChI=1S/C26H36N2O3/c1-16-21(28-15-18-7-5-10-27-18)14-22-25(2,3)8-6-9-26(22,4)23(16)24(31)17-11-19(29)13-20(30)12-17/h5,7,10-13,16,21-23,27-30H,6,8-9,14-15H2,1-4H3/t16-,21-,22+,23-,26-/m1/s1. The molecule has 2 aliphatic rings. The van der Waals surface area contributed by atoms with Gasteiger partial charge in [-0.2, -0.15) is 0 Å². The Bertz CT molecular complexity index is 916. The number of phenolic OH excluding ortho intramolecular Hbond substituents is 2. The van der Waals surface area contributed by atoms with Crippen LogP contribution in [-0.2, 0) is 6.54 Å². The van der Waals surface area contributed by atoms with Gasteiger partial charge in [0.1, 0.15) is 11.5 Å². The summed E-state index contributed by atoms with van der Waals surface area (Å²) in [4.78, 5) is 17.2. The number of carbonyl (C=O) groups excluding carboxylic acids is 1. The van der Waals surface area contributed by atoms with E-state index in [1.807, 2.05) is 12.3 Å². The molecule has 5 heteroatoms. The summed E-state index contributed by atoms with van der Waals surface area (Å²) in [6, 6.07) is 8.57. The molecule has 168 valence electrons. The molecule has 1 heterocycles. The van der Waals surface area contributed by atoms with Crippen molar-refractivity contribution in [1.82, 2.24) is 10.3 Å². The van der Waals surface area contributed by atoms with E-state index in [1.54, 1.807) is 0 Å². The zero-order valence-corrected chi connectivity index (χ0v) is 19.1. The summed E-state index contributed by atoms with van der Waals surface area (Å²) < 4.78 is 0. The summed E-state index contributed by atoms with van der Waals surface area (Å²) in [5, 5.41) is 23.7. The number of fused-ring (bicyclic) bond motifs is 1. The van der Waals surface area contributed by atoms with E-state index in [1.165, 1.54) is 24.6 Å². The fraction of sp³-hybridized carbons (Fsp3) is 0.577. The molecule has 0 aliphatic heterocycles. The Morgan fingerprint density at radius 1 is 1.16 bits per heavy atom. The van der Waals surface area contributed by atoms with Gasteiger partial charge in [-0.05, 0) is 66.2 Å². The lowest BCUT2D eigenvalue weighted by molar-refractivity contribution is -0.0917. The van der Waals surface area contributed by atoms with Crippen LogP contribution < -0.4 is 5.32 Å². The van der Waals surface area contributed by atoms with Gasteiger partial charge in [0.15, 0.2) is 5.78 Å². The number of aromatic amines is 1. The van der Waals surface area contributed by atoms with E-state index in [0.29, 0.717) is 11.5 Å². The summed E-state index contributed by atoms with van der Waals surface area (Å²) in [7, 11) is 0. The van der Waals surface area contributed by atoms with Crippen molar-refractivity contribution in [2.75, 3.05) is 0 Å². The highest BCUT2D eigenvalue weighted by atomic mass is 16.3. The zero-order valence-electron chi connectivity index (χ0n) is 19.1. The third-order valence-corrected chi connectivity index (χ3v) is 8.32. The minimum Gasteiger partial charge on any atom is -0.508 e. The molecule has 1 aromatic heterocycles. The van der Waals surface area contributed by atoms with Crippen LogP contribution >= 0.6 is 0 Å². The van der Waals surface area contributed by atoms with Crippen LogP contribution in [0.1, 0.15) is 69.4 Å². The molecule has 5 atom stereocenters. The molecule has 5 nitrogen and oxygen atoms in total. The van der Waals surface area contributed by atoms with Crippen molar-refractivity contribution in [2.45, 2.75) is 66.0 Å². The number of hydrogen-bond acceptors (Lipinski definition) is 4. The van der Waals surface area contributed by atoms with Crippen LogP contribution in [0.3, 0.4) is 0 Å². The number of phenols is 2. The van der Waals surface area contributed by atoms with Gasteiger partial charge in [-0.1, -0.05) is 34.1 Å². The largest absolute Gasteiger partial charge is 0.508 e. The van der Waals surface area contributed by atoms with Gasteiger partial charge in [0, 0.05) is 42.0 Å². The van der Waals surface area contributed by atoms with Gasteiger partial charge in [0.05, 0.1) is 0 Å². The Morgan fingerprint density at radius 3 is 2.52 bits per heavy atom. The first-order valence-corrected chi connectivity index (χ1v) is 11.5. The Balaban J connectivity index is 1.70. The minimum atomic E-state index is -0.173. The van der Waals surface area contributed by atoms with Crippen molar-refractivity contribution in [1.29, 1.82) is 0 Å². The molecule has 0 saturated heterocycles. The second kappa shape index (κ2) is 8.01. The quantitative estimate of drug-likeness (QED) is 0.494. The van der Waals surface area contributed by atoms with Crippen LogP contribution in [0.15, 0.2) is 36.5 Å². The third-order valence-electron chi connectivity index (χ3n) is 8.32. The molecule has 2 fully saturated rings. The molecule has 2 aromatic rings. The molecule has 1 aromatic carbocycles. The van der Waals surface area contributed by atoms with Crippen LogP contribution in [0.4, 0.5) is 0 Å². The summed E-state index contributed by atoms with van der Waals surface area (Å²) in [5.74, 6) is 0.286. The number of hydrogen-bond donors (Lipinski definition) is 4. The topological polar surface area (TPSA) is 85.4 Å². The van der Waals surface area contributed by atoms with E-state index >= 15 is 0 Å². The minimum absolute atomic E-state index is 0.0373. The zero-order chi connectivity index (χ0) is 22.4. The van der Waals surface area contributed by atoms with Crippen LogP contribution in [0, 0.1) is 28.6 Å². The fourth-order valence-corrected chi connectivity index (χ4v) is 6.87. The molecule has 0 amide bonds. The number of aromatic hydroxyl groups is 2. The van der Waals surface area contributed by atoms with Crippen molar-refractivity contribution in [3.63, 3.8) is 0 Å². The molecule has 0 bridgehead atoms. The average Bonchev–Trinajstić information content (AvgIpc) is 3.19. The number of benzene rings is 1. The molecule has 2 aliphatic carbocycles. The summed E-state index contributed by atoms with van der Waals surface area (Å²) in [5.41, 5.74) is 1.61. The second-order valence-corrected chi connectivity index (χ2v) is 10.8. The van der Waals surface area contributed by atoms with Gasteiger partial charge < -0.3 is 20.5 Å². The van der Waals surface area contributed by atoms with Crippen LogP contribution in [0.5, 0.6) is 11.5 Å². The molecular formula is C26H36N2O3. The van der Waals surface area contributed by atoms with Gasteiger partial charge in [0.25, 0.3) is 0 Å². The number of aromatic nitrogens is 1. The highest BCUT2D eigenvalue weighted by Crippen LogP contribution is 2.61. The van der Waals surface area contributed by atoms with E-state index in [2.05, 4.69) is 44.1 Å². The Kier molecular flexibility index (Phi) is 5.67. The van der Waals surface area contributed by atoms with Crippen LogP contribution in [-0.4, -0.2) is 27.0 Å². The highest BCUT2D eigenvalue weighted by molar-refractivity contribution is 5.99. The maximum Gasteiger partial charge on any atom is 0.167 e. The molecule has 4 rings (SSSR count). The Morgan fingerprint density at radius 2 is 1.87 bits per heavy atom. The van der Waals surface area contributed by atoms with E-state index in [-0.39, 0.29) is 46.0 Å². The molecule has 31 heavy (non-hydrogen) atoms. The maximum atomic E-state index is 13.9. The van der Waals surface area contributed by atoms with Crippen molar-refractivity contribution >= 4 is 5.78 Å². The molecule has 0 radical (unpaired) electrons.